The first-order valence-corrected chi connectivity index (χ1v) is 17.0. The van der Waals surface area contributed by atoms with Crippen molar-refractivity contribution in [3.05, 3.63) is 92.9 Å². The summed E-state index contributed by atoms with van der Waals surface area (Å²) in [5, 5.41) is 31.9. The molecular formula is C39H48N6O9. The zero-order chi connectivity index (χ0) is 40.2. The van der Waals surface area contributed by atoms with Gasteiger partial charge >= 0.3 is 11.9 Å². The molecule has 0 fully saturated rings. The summed E-state index contributed by atoms with van der Waals surface area (Å²) in [6.45, 7) is 5.83. The first-order valence-electron chi connectivity index (χ1n) is 17.0. The predicted molar refractivity (Wildman–Crippen MR) is 208 cm³/mol. The lowest BCUT2D eigenvalue weighted by Gasteiger charge is -2.07. The highest BCUT2D eigenvalue weighted by Crippen LogP contribution is 2.39. The normalized spacial score (nSPS) is 12.1. The number of hydrogen-bond acceptors (Lipinski definition) is 9. The summed E-state index contributed by atoms with van der Waals surface area (Å²) in [5.74, 6) is 0.0638. The molecule has 0 saturated carbocycles. The number of nitro groups is 1. The number of benzene rings is 3. The van der Waals surface area contributed by atoms with Gasteiger partial charge in [-0.15, -0.1) is 0 Å². The van der Waals surface area contributed by atoms with Crippen molar-refractivity contribution >= 4 is 50.3 Å². The topological polar surface area (TPSA) is 212 Å². The van der Waals surface area contributed by atoms with Gasteiger partial charge in [-0.25, -0.2) is 0 Å². The van der Waals surface area contributed by atoms with E-state index in [0.29, 0.717) is 28.6 Å². The van der Waals surface area contributed by atoms with Crippen molar-refractivity contribution < 1.29 is 38.9 Å². The third-order valence-corrected chi connectivity index (χ3v) is 9.89. The fourth-order valence-electron chi connectivity index (χ4n) is 6.70. The number of nitrogens with two attached hydrogens (primary N) is 2. The van der Waals surface area contributed by atoms with Crippen LogP contribution >= 0.6 is 0 Å². The summed E-state index contributed by atoms with van der Waals surface area (Å²) in [6.07, 6.45) is 0.318. The van der Waals surface area contributed by atoms with Crippen LogP contribution in [0.15, 0.2) is 54.6 Å². The van der Waals surface area contributed by atoms with Crippen molar-refractivity contribution in [3.63, 3.8) is 0 Å². The van der Waals surface area contributed by atoms with Gasteiger partial charge < -0.3 is 49.6 Å². The maximum absolute atomic E-state index is 11.3. The van der Waals surface area contributed by atoms with Crippen molar-refractivity contribution in [1.82, 2.24) is 13.7 Å². The number of carboxylic acids is 2. The third-order valence-electron chi connectivity index (χ3n) is 9.89. The lowest BCUT2D eigenvalue weighted by Crippen LogP contribution is -2.32. The maximum Gasteiger partial charge on any atom is 0.320 e. The number of rotatable bonds is 10. The number of nitro benzene ring substituents is 1. The Kier molecular flexibility index (Phi) is 12.6. The molecule has 2 unspecified atom stereocenters. The molecule has 0 spiro atoms. The number of fused-ring (bicyclic) bond motifs is 3. The van der Waals surface area contributed by atoms with Crippen molar-refractivity contribution in [2.75, 3.05) is 21.3 Å². The van der Waals surface area contributed by atoms with Crippen LogP contribution in [0.25, 0.3) is 32.7 Å². The van der Waals surface area contributed by atoms with Gasteiger partial charge in [0.15, 0.2) is 0 Å². The molecule has 15 nitrogen and oxygen atoms in total. The van der Waals surface area contributed by atoms with Crippen molar-refractivity contribution in [2.45, 2.75) is 45.7 Å². The second-order valence-electron chi connectivity index (χ2n) is 12.9. The minimum Gasteiger partial charge on any atom is -0.495 e. The maximum atomic E-state index is 11.3. The summed E-state index contributed by atoms with van der Waals surface area (Å²) >= 11 is 0. The van der Waals surface area contributed by atoms with Crippen LogP contribution < -0.4 is 25.7 Å². The minimum atomic E-state index is -1.15. The largest absolute Gasteiger partial charge is 0.495 e. The van der Waals surface area contributed by atoms with Gasteiger partial charge in [0.05, 0.1) is 48.2 Å². The lowest BCUT2D eigenvalue weighted by atomic mass is 10.0. The summed E-state index contributed by atoms with van der Waals surface area (Å²) in [5.41, 5.74) is 18.4. The summed E-state index contributed by atoms with van der Waals surface area (Å²) in [4.78, 5) is 32.8. The zero-order valence-electron chi connectivity index (χ0n) is 32.0. The van der Waals surface area contributed by atoms with Crippen LogP contribution in [0.4, 0.5) is 5.69 Å². The number of methoxy groups -OCH3 is 3. The van der Waals surface area contributed by atoms with E-state index in [4.69, 9.17) is 35.9 Å². The van der Waals surface area contributed by atoms with Crippen LogP contribution in [-0.2, 0) is 43.6 Å². The number of carboxylic acid groups (broad SMARTS) is 2. The van der Waals surface area contributed by atoms with E-state index in [9.17, 15) is 19.7 Å². The Morgan fingerprint density at radius 3 is 1.74 bits per heavy atom. The Morgan fingerprint density at radius 2 is 1.20 bits per heavy atom. The predicted octanol–water partition coefficient (Wildman–Crippen LogP) is 5.30. The molecule has 0 aliphatic heterocycles. The SMILES string of the molecule is COc1ccc([N+](=O)[O-])c2c(CC(N)C(=O)O)c(C)n(C)c12.COc1cccc2c(CC(N)C(=O)O)c(C)n(C)c12.COc1cccc2cc(C)n(C)c12. The number of aromatic nitrogens is 3. The highest BCUT2D eigenvalue weighted by atomic mass is 16.6. The van der Waals surface area contributed by atoms with Gasteiger partial charge in [-0.3, -0.25) is 19.7 Å². The van der Waals surface area contributed by atoms with Crippen LogP contribution in [0.5, 0.6) is 17.2 Å². The number of aryl methyl sites for hydroxylation is 4. The lowest BCUT2D eigenvalue weighted by molar-refractivity contribution is -0.383. The zero-order valence-corrected chi connectivity index (χ0v) is 32.0. The molecule has 15 heteroatoms. The van der Waals surface area contributed by atoms with Crippen molar-refractivity contribution in [1.29, 1.82) is 0 Å². The van der Waals surface area contributed by atoms with Gasteiger partial charge in [0.2, 0.25) is 0 Å². The van der Waals surface area contributed by atoms with Gasteiger partial charge in [-0.2, -0.15) is 0 Å². The van der Waals surface area contributed by atoms with E-state index in [1.165, 1.54) is 35.8 Å². The Labute approximate surface area is 312 Å². The Balaban J connectivity index is 0.000000186. The molecule has 0 radical (unpaired) electrons. The molecule has 6 N–H and O–H groups in total. The second-order valence-corrected chi connectivity index (χ2v) is 12.9. The molecular weight excluding hydrogens is 696 g/mol. The molecule has 54 heavy (non-hydrogen) atoms. The number of carbonyl (C=O) groups is 2. The molecule has 6 aromatic rings. The summed E-state index contributed by atoms with van der Waals surface area (Å²) < 4.78 is 21.8. The first-order chi connectivity index (χ1) is 25.5. The van der Waals surface area contributed by atoms with Crippen molar-refractivity contribution in [2.24, 2.45) is 32.6 Å². The molecule has 6 rings (SSSR count). The number of ether oxygens (including phenoxy) is 3. The van der Waals surface area contributed by atoms with Gasteiger partial charge in [0.1, 0.15) is 29.3 Å². The van der Waals surface area contributed by atoms with Gasteiger partial charge in [-0.1, -0.05) is 24.3 Å². The van der Waals surface area contributed by atoms with E-state index >= 15 is 0 Å². The van der Waals surface area contributed by atoms with Crippen LogP contribution in [0.3, 0.4) is 0 Å². The van der Waals surface area contributed by atoms with Crippen LogP contribution in [0.1, 0.15) is 28.2 Å². The number of para-hydroxylation sites is 2. The number of non-ortho nitro benzene ring substituents is 1. The quantitative estimate of drug-likeness (QED) is 0.104. The van der Waals surface area contributed by atoms with Gasteiger partial charge in [0.25, 0.3) is 5.69 Å². The highest BCUT2D eigenvalue weighted by molar-refractivity contribution is 5.98. The number of aliphatic carboxylic acids is 2. The molecule has 3 aromatic carbocycles. The van der Waals surface area contributed by atoms with Gasteiger partial charge in [0, 0.05) is 67.9 Å². The third kappa shape index (κ3) is 7.82. The molecule has 0 bridgehead atoms. The number of hydrogen-bond donors (Lipinski definition) is 4. The summed E-state index contributed by atoms with van der Waals surface area (Å²) in [7, 11) is 10.6. The fraction of sp³-hybridized carbons (Fsp3) is 0.333. The van der Waals surface area contributed by atoms with Gasteiger partial charge in [-0.05, 0) is 56.2 Å². The van der Waals surface area contributed by atoms with E-state index in [2.05, 4.69) is 30.7 Å². The minimum absolute atomic E-state index is 0.00646. The average molecular weight is 745 g/mol. The molecule has 3 heterocycles. The first kappa shape index (κ1) is 40.7. The molecule has 0 aliphatic rings. The smallest absolute Gasteiger partial charge is 0.320 e. The van der Waals surface area contributed by atoms with E-state index in [1.807, 2.05) is 48.9 Å². The fourth-order valence-corrected chi connectivity index (χ4v) is 6.70. The monoisotopic (exact) mass is 744 g/mol. The molecule has 3 aromatic heterocycles. The Morgan fingerprint density at radius 1 is 0.722 bits per heavy atom. The molecule has 0 amide bonds. The molecule has 0 aliphatic carbocycles. The van der Waals surface area contributed by atoms with E-state index < -0.39 is 28.9 Å². The van der Waals surface area contributed by atoms with Crippen molar-refractivity contribution in [3.8, 4) is 17.2 Å². The second kappa shape index (κ2) is 16.7. The Bertz CT molecular complexity index is 2350. The summed E-state index contributed by atoms with van der Waals surface area (Å²) in [6, 6.07) is 14.9. The standard InChI is InChI=1S/C14H17N3O5.C14H18N2O3.C11H13NO/c1-7-8(6-9(15)14(18)19)12-10(17(20)21)4-5-11(22-3)13(12)16(7)2;1-8-10(7-11(15)14(17)18)9-5-4-6-12(19-3)13(9)16(8)2;1-8-7-9-5-4-6-10(13-3)11(9)12(8)2/h4-5,9H,6,15H2,1-3H3,(H,18,19);4-6,11H,7,15H2,1-3H3,(H,17,18);4-7H,1-3H3. The van der Waals surface area contributed by atoms with Crippen LogP contribution in [0, 0.1) is 30.9 Å². The highest BCUT2D eigenvalue weighted by Gasteiger charge is 2.27. The van der Waals surface area contributed by atoms with Crippen LogP contribution in [-0.4, -0.2) is 74.2 Å². The molecule has 2 atom stereocenters. The molecule has 288 valence electrons. The average Bonchev–Trinajstić information content (AvgIpc) is 3.68. The van der Waals surface area contributed by atoms with Crippen LogP contribution in [0.2, 0.25) is 0 Å². The molecule has 0 saturated heterocycles. The van der Waals surface area contributed by atoms with E-state index in [0.717, 1.165) is 39.4 Å². The number of nitrogens with zero attached hydrogens (tertiary/aromatic N) is 4. The van der Waals surface area contributed by atoms with E-state index in [1.54, 1.807) is 32.8 Å². The Hall–Kier alpha value is -6.06. The van der Waals surface area contributed by atoms with E-state index in [-0.39, 0.29) is 12.1 Å².